The zero-order chi connectivity index (χ0) is 20.1. The van der Waals surface area contributed by atoms with Crippen molar-refractivity contribution in [3.8, 4) is 0 Å². The van der Waals surface area contributed by atoms with Crippen molar-refractivity contribution in [1.29, 1.82) is 0 Å². The van der Waals surface area contributed by atoms with Crippen LogP contribution in [-0.4, -0.2) is 33.5 Å². The lowest BCUT2D eigenvalue weighted by Gasteiger charge is -2.16. The van der Waals surface area contributed by atoms with Crippen LogP contribution < -0.4 is 22.3 Å². The molecule has 0 aliphatic rings. The first-order valence-electron chi connectivity index (χ1n) is 9.42. The van der Waals surface area contributed by atoms with Crippen LogP contribution in [0.4, 0.5) is 0 Å². The molecule has 2 heterocycles. The number of carbonyl (C=O) groups is 1. The summed E-state index contributed by atoms with van der Waals surface area (Å²) in [6.45, 7) is 9.29. The van der Waals surface area contributed by atoms with Gasteiger partial charge in [0.1, 0.15) is 0 Å². The number of hydrogen-bond acceptors (Lipinski definition) is 5. The van der Waals surface area contributed by atoms with Crippen molar-refractivity contribution in [2.45, 2.75) is 53.0 Å². The monoisotopic (exact) mass is 447 g/mol. The van der Waals surface area contributed by atoms with Crippen LogP contribution in [0.5, 0.6) is 0 Å². The van der Waals surface area contributed by atoms with Crippen LogP contribution in [0.2, 0.25) is 0 Å². The second-order valence-electron chi connectivity index (χ2n) is 7.46. The molecule has 164 valence electrons. The summed E-state index contributed by atoms with van der Waals surface area (Å²) in [4.78, 5) is 44.5. The van der Waals surface area contributed by atoms with E-state index in [1.165, 1.54) is 4.57 Å². The van der Waals surface area contributed by atoms with Crippen molar-refractivity contribution in [1.82, 2.24) is 19.9 Å². The zero-order valence-corrected chi connectivity index (χ0v) is 18.9. The number of halogens is 2. The average Bonchev–Trinajstić information content (AvgIpc) is 2.60. The van der Waals surface area contributed by atoms with Gasteiger partial charge in [0.2, 0.25) is 0 Å². The predicted octanol–water partition coefficient (Wildman–Crippen LogP) is 2.18. The van der Waals surface area contributed by atoms with E-state index in [0.29, 0.717) is 25.3 Å². The van der Waals surface area contributed by atoms with Gasteiger partial charge in [-0.25, -0.2) is 9.78 Å². The van der Waals surface area contributed by atoms with Crippen molar-refractivity contribution < 1.29 is 4.79 Å². The topological polar surface area (TPSA) is 123 Å². The third-order valence-corrected chi connectivity index (χ3v) is 4.27. The third-order valence-electron chi connectivity index (χ3n) is 4.27. The number of pyridine rings is 1. The van der Waals surface area contributed by atoms with E-state index in [0.717, 1.165) is 12.8 Å². The first-order chi connectivity index (χ1) is 12.8. The van der Waals surface area contributed by atoms with E-state index >= 15 is 0 Å². The minimum Gasteiger partial charge on any atom is -0.352 e. The van der Waals surface area contributed by atoms with E-state index in [9.17, 15) is 14.4 Å². The van der Waals surface area contributed by atoms with Gasteiger partial charge in [0, 0.05) is 18.8 Å². The molecule has 0 saturated heterocycles. The lowest BCUT2D eigenvalue weighted by Crippen LogP contribution is -2.34. The molecule has 2 rings (SSSR count). The van der Waals surface area contributed by atoms with Gasteiger partial charge in [-0.2, -0.15) is 0 Å². The maximum absolute atomic E-state index is 12.8. The summed E-state index contributed by atoms with van der Waals surface area (Å²) in [5.74, 6) is -0.128. The molecule has 8 nitrogen and oxygen atoms in total. The first kappa shape index (κ1) is 27.1. The molecular weight excluding hydrogens is 417 g/mol. The van der Waals surface area contributed by atoms with Crippen LogP contribution >= 0.6 is 24.8 Å². The fraction of sp³-hybridized carbons (Fsp3) is 0.579. The summed E-state index contributed by atoms with van der Waals surface area (Å²) in [6.07, 6.45) is 1.57. The van der Waals surface area contributed by atoms with Crippen LogP contribution in [0, 0.1) is 5.92 Å². The number of nitrogens with two attached hydrogens (primary N) is 1. The van der Waals surface area contributed by atoms with E-state index in [2.05, 4.69) is 15.3 Å². The summed E-state index contributed by atoms with van der Waals surface area (Å²) in [7, 11) is 0. The summed E-state index contributed by atoms with van der Waals surface area (Å²) in [5.41, 5.74) is 5.54. The van der Waals surface area contributed by atoms with Gasteiger partial charge in [0.25, 0.3) is 11.5 Å². The number of fused-ring (bicyclic) bond motifs is 1. The molecule has 0 fully saturated rings. The zero-order valence-electron chi connectivity index (χ0n) is 17.3. The lowest BCUT2D eigenvalue weighted by molar-refractivity contribution is 0.0954. The standard InChI is InChI=1S/C19H29N5O3.2ClH/c1-11(2)10-24-16-15(18(26)23-19(24)27)13(9-14(22-16)12(3)4)17(25)21-8-6-5-7-20;;/h9,11-12H,5-8,10,20H2,1-4H3,(H,21,25)(H,23,26,27);2*1H. The van der Waals surface area contributed by atoms with E-state index < -0.39 is 11.2 Å². The summed E-state index contributed by atoms with van der Waals surface area (Å²) >= 11 is 0. The van der Waals surface area contributed by atoms with Crippen molar-refractivity contribution in [3.63, 3.8) is 0 Å². The minimum atomic E-state index is -0.593. The number of aromatic nitrogens is 3. The molecule has 0 bridgehead atoms. The Bertz CT molecular complexity index is 938. The van der Waals surface area contributed by atoms with Gasteiger partial charge in [-0.3, -0.25) is 19.1 Å². The number of H-pyrrole nitrogens is 1. The molecule has 2 aromatic rings. The van der Waals surface area contributed by atoms with E-state index in [-0.39, 0.29) is 59.2 Å². The Labute approximate surface area is 182 Å². The number of carbonyl (C=O) groups excluding carboxylic acids is 1. The van der Waals surface area contributed by atoms with Gasteiger partial charge in [-0.05, 0) is 37.3 Å². The quantitative estimate of drug-likeness (QED) is 0.534. The van der Waals surface area contributed by atoms with Crippen molar-refractivity contribution >= 4 is 41.8 Å². The van der Waals surface area contributed by atoms with Crippen molar-refractivity contribution in [2.75, 3.05) is 13.1 Å². The Morgan fingerprint density at radius 3 is 2.41 bits per heavy atom. The smallest absolute Gasteiger partial charge is 0.330 e. The molecule has 1 amide bonds. The fourth-order valence-corrected chi connectivity index (χ4v) is 2.87. The second-order valence-corrected chi connectivity index (χ2v) is 7.46. The molecule has 0 saturated carbocycles. The molecule has 0 aromatic carbocycles. The Morgan fingerprint density at radius 1 is 1.21 bits per heavy atom. The number of nitrogens with zero attached hydrogens (tertiary/aromatic N) is 2. The van der Waals surface area contributed by atoms with Crippen LogP contribution in [0.25, 0.3) is 11.0 Å². The maximum Gasteiger partial charge on any atom is 0.330 e. The van der Waals surface area contributed by atoms with Crippen LogP contribution in [-0.2, 0) is 6.54 Å². The second kappa shape index (κ2) is 11.9. The molecule has 0 spiro atoms. The molecule has 0 atom stereocenters. The molecule has 0 unspecified atom stereocenters. The number of unbranched alkanes of at least 4 members (excludes halogenated alkanes) is 1. The number of amides is 1. The summed E-state index contributed by atoms with van der Waals surface area (Å²) in [5, 5.41) is 2.98. The van der Waals surface area contributed by atoms with Gasteiger partial charge < -0.3 is 11.1 Å². The Morgan fingerprint density at radius 2 is 1.86 bits per heavy atom. The van der Waals surface area contributed by atoms with E-state index in [4.69, 9.17) is 5.73 Å². The molecule has 0 radical (unpaired) electrons. The molecule has 0 aliphatic carbocycles. The highest BCUT2D eigenvalue weighted by molar-refractivity contribution is 6.05. The molecule has 10 heteroatoms. The lowest BCUT2D eigenvalue weighted by atomic mass is 10.0. The normalized spacial score (nSPS) is 10.7. The highest BCUT2D eigenvalue weighted by Gasteiger charge is 2.20. The van der Waals surface area contributed by atoms with Crippen molar-refractivity contribution in [2.24, 2.45) is 11.7 Å². The molecule has 2 aromatic heterocycles. The predicted molar refractivity (Wildman–Crippen MR) is 121 cm³/mol. The molecule has 29 heavy (non-hydrogen) atoms. The molecule has 4 N–H and O–H groups in total. The Kier molecular flexibility index (Phi) is 11.2. The summed E-state index contributed by atoms with van der Waals surface area (Å²) in [6, 6.07) is 1.64. The Balaban J connectivity index is 0.00000392. The molecular formula is C19H31Cl2N5O3. The average molecular weight is 448 g/mol. The van der Waals surface area contributed by atoms with Gasteiger partial charge in [-0.15, -0.1) is 24.8 Å². The SMILES string of the molecule is CC(C)Cn1c(=O)[nH]c(=O)c2c(C(=O)NCCCCN)cc(C(C)C)nc21.Cl.Cl. The number of aromatic amines is 1. The fourth-order valence-electron chi connectivity index (χ4n) is 2.87. The maximum atomic E-state index is 12.8. The van der Waals surface area contributed by atoms with Crippen LogP contribution in [0.3, 0.4) is 0 Å². The van der Waals surface area contributed by atoms with Crippen molar-refractivity contribution in [3.05, 3.63) is 38.2 Å². The Hall–Kier alpha value is -1.90. The van der Waals surface area contributed by atoms with E-state index in [1.807, 2.05) is 27.7 Å². The summed E-state index contributed by atoms with van der Waals surface area (Å²) < 4.78 is 1.44. The largest absolute Gasteiger partial charge is 0.352 e. The number of hydrogen-bond donors (Lipinski definition) is 3. The minimum absolute atomic E-state index is 0. The van der Waals surface area contributed by atoms with Crippen LogP contribution in [0.1, 0.15) is 62.5 Å². The highest BCUT2D eigenvalue weighted by atomic mass is 35.5. The number of nitrogens with one attached hydrogen (secondary N) is 2. The van der Waals surface area contributed by atoms with Gasteiger partial charge in [0.05, 0.1) is 10.9 Å². The van der Waals surface area contributed by atoms with Gasteiger partial charge in [-0.1, -0.05) is 27.7 Å². The van der Waals surface area contributed by atoms with Crippen LogP contribution in [0.15, 0.2) is 15.7 Å². The molecule has 0 aliphatic heterocycles. The van der Waals surface area contributed by atoms with Gasteiger partial charge >= 0.3 is 5.69 Å². The first-order valence-corrected chi connectivity index (χ1v) is 9.42. The number of rotatable bonds is 8. The third kappa shape index (κ3) is 6.55. The van der Waals surface area contributed by atoms with E-state index in [1.54, 1.807) is 6.07 Å². The van der Waals surface area contributed by atoms with Gasteiger partial charge in [0.15, 0.2) is 5.65 Å². The highest BCUT2D eigenvalue weighted by Crippen LogP contribution is 2.20.